The van der Waals surface area contributed by atoms with Crippen LogP contribution in [0.15, 0.2) is 18.3 Å². The van der Waals surface area contributed by atoms with Crippen molar-refractivity contribution in [2.75, 3.05) is 6.54 Å². The molecule has 0 spiro atoms. The Morgan fingerprint density at radius 1 is 1.69 bits per heavy atom. The zero-order valence-corrected chi connectivity index (χ0v) is 10.8. The molecule has 1 aliphatic carbocycles. The van der Waals surface area contributed by atoms with Gasteiger partial charge in [0.15, 0.2) is 0 Å². The summed E-state index contributed by atoms with van der Waals surface area (Å²) in [6.07, 6.45) is 4.22. The zero-order chi connectivity index (χ0) is 11.5. The predicted molar refractivity (Wildman–Crippen MR) is 66.7 cm³/mol. The van der Waals surface area contributed by atoms with Gasteiger partial charge in [0.25, 0.3) is 5.91 Å². The molecular formula is C12H15BrN2O. The summed E-state index contributed by atoms with van der Waals surface area (Å²) in [5.74, 6) is 0.732. The summed E-state index contributed by atoms with van der Waals surface area (Å²) < 4.78 is 0. The van der Waals surface area contributed by atoms with Gasteiger partial charge in [-0.2, -0.15) is 0 Å². The molecule has 0 bridgehead atoms. The topological polar surface area (TPSA) is 42.0 Å². The van der Waals surface area contributed by atoms with Crippen LogP contribution in [0.4, 0.5) is 0 Å². The molecule has 86 valence electrons. The lowest BCUT2D eigenvalue weighted by molar-refractivity contribution is 0.0953. The third kappa shape index (κ3) is 3.04. The Balaban J connectivity index is 1.87. The van der Waals surface area contributed by atoms with Crippen molar-refractivity contribution in [2.45, 2.75) is 24.6 Å². The number of halogens is 1. The number of nitrogens with zero attached hydrogens (tertiary/aromatic N) is 1. The number of hydrogen-bond acceptors (Lipinski definition) is 2. The zero-order valence-electron chi connectivity index (χ0n) is 9.24. The fraction of sp³-hybridized carbons (Fsp3) is 0.500. The highest BCUT2D eigenvalue weighted by molar-refractivity contribution is 9.09. The van der Waals surface area contributed by atoms with E-state index in [1.54, 1.807) is 18.3 Å². The fourth-order valence-electron chi connectivity index (χ4n) is 1.60. The Morgan fingerprint density at radius 2 is 2.44 bits per heavy atom. The van der Waals surface area contributed by atoms with Crippen molar-refractivity contribution in [1.82, 2.24) is 10.3 Å². The molecule has 1 N–H and O–H groups in total. The summed E-state index contributed by atoms with van der Waals surface area (Å²) in [6, 6.07) is 3.54. The second-order valence-corrected chi connectivity index (χ2v) is 5.43. The molecule has 0 radical (unpaired) electrons. The van der Waals surface area contributed by atoms with Gasteiger partial charge in [-0.15, -0.1) is 0 Å². The van der Waals surface area contributed by atoms with E-state index in [1.807, 2.05) is 6.92 Å². The van der Waals surface area contributed by atoms with Crippen LogP contribution in [0.3, 0.4) is 0 Å². The maximum atomic E-state index is 11.8. The van der Waals surface area contributed by atoms with E-state index in [9.17, 15) is 4.79 Å². The first-order valence-electron chi connectivity index (χ1n) is 5.52. The second-order valence-electron chi connectivity index (χ2n) is 4.25. The van der Waals surface area contributed by atoms with Crippen molar-refractivity contribution in [3.8, 4) is 0 Å². The quantitative estimate of drug-likeness (QED) is 0.861. The standard InChI is InChI=1S/C12H15BrN2O/c1-8-6-10(4-5-14-8)12(16)15-7-11(13)9-2-3-9/h4-6,9,11H,2-3,7H2,1H3,(H,15,16). The molecule has 1 atom stereocenters. The minimum absolute atomic E-state index is 0.0180. The van der Waals surface area contributed by atoms with Crippen LogP contribution in [0.2, 0.25) is 0 Å². The SMILES string of the molecule is Cc1cc(C(=O)NCC(Br)C2CC2)ccn1. The van der Waals surface area contributed by atoms with Gasteiger partial charge in [0, 0.05) is 28.8 Å². The molecule has 1 aromatic rings. The van der Waals surface area contributed by atoms with Gasteiger partial charge < -0.3 is 5.32 Å². The van der Waals surface area contributed by atoms with Crippen molar-refractivity contribution < 1.29 is 4.79 Å². The number of amides is 1. The predicted octanol–water partition coefficient (Wildman–Crippen LogP) is 2.29. The van der Waals surface area contributed by atoms with Gasteiger partial charge in [0.05, 0.1) is 0 Å². The summed E-state index contributed by atoms with van der Waals surface area (Å²) in [5.41, 5.74) is 1.55. The number of carbonyl (C=O) groups is 1. The van der Waals surface area contributed by atoms with Gasteiger partial charge in [-0.25, -0.2) is 0 Å². The Labute approximate surface area is 104 Å². The maximum absolute atomic E-state index is 11.8. The number of alkyl halides is 1. The summed E-state index contributed by atoms with van der Waals surface area (Å²) in [7, 11) is 0. The van der Waals surface area contributed by atoms with Crippen molar-refractivity contribution in [2.24, 2.45) is 5.92 Å². The van der Waals surface area contributed by atoms with Crippen LogP contribution in [-0.4, -0.2) is 22.3 Å². The van der Waals surface area contributed by atoms with Gasteiger partial charge in [-0.1, -0.05) is 15.9 Å². The number of nitrogens with one attached hydrogen (secondary N) is 1. The van der Waals surface area contributed by atoms with Gasteiger partial charge in [0.2, 0.25) is 0 Å². The highest BCUT2D eigenvalue weighted by Gasteiger charge is 2.29. The van der Waals surface area contributed by atoms with E-state index in [4.69, 9.17) is 0 Å². The lowest BCUT2D eigenvalue weighted by Gasteiger charge is -2.10. The van der Waals surface area contributed by atoms with E-state index in [2.05, 4.69) is 26.2 Å². The van der Waals surface area contributed by atoms with Crippen LogP contribution in [0, 0.1) is 12.8 Å². The minimum atomic E-state index is -0.0180. The van der Waals surface area contributed by atoms with Gasteiger partial charge in [-0.3, -0.25) is 9.78 Å². The molecule has 0 aliphatic heterocycles. The highest BCUT2D eigenvalue weighted by atomic mass is 79.9. The maximum Gasteiger partial charge on any atom is 0.251 e. The smallest absolute Gasteiger partial charge is 0.251 e. The average molecular weight is 283 g/mol. The number of hydrogen-bond donors (Lipinski definition) is 1. The summed E-state index contributed by atoms with van der Waals surface area (Å²) in [4.78, 5) is 16.3. The fourth-order valence-corrected chi connectivity index (χ4v) is 2.29. The third-order valence-corrected chi connectivity index (χ3v) is 3.82. The van der Waals surface area contributed by atoms with Crippen molar-refractivity contribution in [1.29, 1.82) is 0 Å². The molecular weight excluding hydrogens is 268 g/mol. The van der Waals surface area contributed by atoms with Gasteiger partial charge in [-0.05, 0) is 37.8 Å². The normalized spacial score (nSPS) is 16.9. The van der Waals surface area contributed by atoms with Gasteiger partial charge >= 0.3 is 0 Å². The summed E-state index contributed by atoms with van der Waals surface area (Å²) in [6.45, 7) is 2.58. The Bertz CT molecular complexity index is 390. The number of aromatic nitrogens is 1. The molecule has 2 rings (SSSR count). The lowest BCUT2D eigenvalue weighted by atomic mass is 10.2. The van der Waals surface area contributed by atoms with E-state index in [-0.39, 0.29) is 5.91 Å². The molecule has 1 aromatic heterocycles. The average Bonchev–Trinajstić information content (AvgIpc) is 3.09. The van der Waals surface area contributed by atoms with E-state index in [0.717, 1.165) is 11.6 Å². The molecule has 0 saturated heterocycles. The summed E-state index contributed by atoms with van der Waals surface area (Å²) >= 11 is 3.59. The number of rotatable bonds is 4. The van der Waals surface area contributed by atoms with Crippen LogP contribution in [0.1, 0.15) is 28.9 Å². The second kappa shape index (κ2) is 4.95. The molecule has 1 fully saturated rings. The lowest BCUT2D eigenvalue weighted by Crippen LogP contribution is -2.30. The minimum Gasteiger partial charge on any atom is -0.351 e. The molecule has 0 aromatic carbocycles. The van der Waals surface area contributed by atoms with E-state index < -0.39 is 0 Å². The molecule has 1 aliphatic rings. The first kappa shape index (κ1) is 11.6. The Morgan fingerprint density at radius 3 is 3.06 bits per heavy atom. The Kier molecular flexibility index (Phi) is 3.59. The summed E-state index contributed by atoms with van der Waals surface area (Å²) in [5, 5.41) is 2.93. The monoisotopic (exact) mass is 282 g/mol. The van der Waals surface area contributed by atoms with Crippen LogP contribution in [0.5, 0.6) is 0 Å². The van der Waals surface area contributed by atoms with E-state index in [1.165, 1.54) is 12.8 Å². The van der Waals surface area contributed by atoms with Crippen molar-refractivity contribution in [3.63, 3.8) is 0 Å². The van der Waals surface area contributed by atoms with Crippen molar-refractivity contribution >= 4 is 21.8 Å². The van der Waals surface area contributed by atoms with Crippen LogP contribution < -0.4 is 5.32 Å². The molecule has 4 heteroatoms. The third-order valence-electron chi connectivity index (χ3n) is 2.75. The number of carbonyl (C=O) groups excluding carboxylic acids is 1. The van der Waals surface area contributed by atoms with E-state index >= 15 is 0 Å². The molecule has 1 heterocycles. The highest BCUT2D eigenvalue weighted by Crippen LogP contribution is 2.36. The van der Waals surface area contributed by atoms with Crippen LogP contribution in [-0.2, 0) is 0 Å². The molecule has 16 heavy (non-hydrogen) atoms. The van der Waals surface area contributed by atoms with Crippen LogP contribution in [0.25, 0.3) is 0 Å². The number of aryl methyl sites for hydroxylation is 1. The molecule has 1 saturated carbocycles. The first-order valence-corrected chi connectivity index (χ1v) is 6.43. The molecule has 3 nitrogen and oxygen atoms in total. The van der Waals surface area contributed by atoms with Crippen molar-refractivity contribution in [3.05, 3.63) is 29.6 Å². The largest absolute Gasteiger partial charge is 0.351 e. The number of pyridine rings is 1. The van der Waals surface area contributed by atoms with Gasteiger partial charge in [0.1, 0.15) is 0 Å². The first-order chi connectivity index (χ1) is 7.66. The molecule has 1 amide bonds. The van der Waals surface area contributed by atoms with Crippen LogP contribution >= 0.6 is 15.9 Å². The Hall–Kier alpha value is -0.900. The molecule has 1 unspecified atom stereocenters. The van der Waals surface area contributed by atoms with E-state index in [0.29, 0.717) is 16.9 Å².